The average Bonchev–Trinajstić information content (AvgIpc) is 2.52. The number of benzene rings is 2. The molecule has 5 nitrogen and oxygen atoms in total. The van der Waals surface area contributed by atoms with Crippen LogP contribution in [0, 0.1) is 10.1 Å². The predicted molar refractivity (Wildman–Crippen MR) is 93.1 cm³/mol. The number of nitro benzene ring substituents is 1. The number of hydrogen-bond acceptors (Lipinski definition) is 4. The van der Waals surface area contributed by atoms with Crippen LogP contribution in [0.4, 0.5) is 5.69 Å². The Labute approximate surface area is 145 Å². The van der Waals surface area contributed by atoms with E-state index in [1.54, 1.807) is 12.1 Å². The summed E-state index contributed by atoms with van der Waals surface area (Å²) in [5, 5.41) is 10.8. The van der Waals surface area contributed by atoms with Crippen LogP contribution < -0.4 is 4.74 Å². The molecule has 0 saturated carbocycles. The van der Waals surface area contributed by atoms with Crippen molar-refractivity contribution in [2.75, 3.05) is 6.61 Å². The zero-order valence-electron chi connectivity index (χ0n) is 13.7. The number of nitro groups is 1. The summed E-state index contributed by atoms with van der Waals surface area (Å²) in [6, 6.07) is 11.2. The number of halogens is 1. The lowest BCUT2D eigenvalue weighted by Gasteiger charge is -2.19. The van der Waals surface area contributed by atoms with Crippen LogP contribution in [0.25, 0.3) is 0 Å². The van der Waals surface area contributed by atoms with Crippen molar-refractivity contribution in [1.29, 1.82) is 0 Å². The number of carbonyl (C=O) groups is 1. The van der Waals surface area contributed by atoms with Crippen LogP contribution in [-0.2, 0) is 5.41 Å². The molecule has 0 spiro atoms. The maximum atomic E-state index is 12.2. The molecular weight excluding hydrogens is 330 g/mol. The van der Waals surface area contributed by atoms with E-state index in [9.17, 15) is 14.9 Å². The first-order chi connectivity index (χ1) is 11.2. The second-order valence-electron chi connectivity index (χ2n) is 6.41. The topological polar surface area (TPSA) is 69.4 Å². The molecule has 0 saturated heterocycles. The molecule has 0 fully saturated rings. The molecule has 0 unspecified atom stereocenters. The van der Waals surface area contributed by atoms with Crippen LogP contribution in [0.15, 0.2) is 42.5 Å². The minimum absolute atomic E-state index is 0.0182. The number of hydrogen-bond donors (Lipinski definition) is 0. The predicted octanol–water partition coefficient (Wildman–Crippen LogP) is 4.81. The SMILES string of the molecule is CC(C)(C)c1ccc(C(=O)COc2ccc([N+](=O)[O-])cc2Cl)cc1. The van der Waals surface area contributed by atoms with Crippen LogP contribution in [0.5, 0.6) is 5.75 Å². The van der Waals surface area contributed by atoms with Crippen molar-refractivity contribution in [3.63, 3.8) is 0 Å². The molecule has 0 N–H and O–H groups in total. The second-order valence-corrected chi connectivity index (χ2v) is 6.82. The van der Waals surface area contributed by atoms with Gasteiger partial charge in [0.15, 0.2) is 12.4 Å². The van der Waals surface area contributed by atoms with Crippen molar-refractivity contribution >= 4 is 23.1 Å². The molecule has 24 heavy (non-hydrogen) atoms. The quantitative estimate of drug-likeness (QED) is 0.442. The summed E-state index contributed by atoms with van der Waals surface area (Å²) in [5.41, 5.74) is 1.57. The molecule has 2 aromatic rings. The molecule has 0 bridgehead atoms. The molecule has 126 valence electrons. The molecule has 0 radical (unpaired) electrons. The van der Waals surface area contributed by atoms with Crippen molar-refractivity contribution in [2.24, 2.45) is 0 Å². The fraction of sp³-hybridized carbons (Fsp3) is 0.278. The Bertz CT molecular complexity index is 764. The van der Waals surface area contributed by atoms with Crippen molar-refractivity contribution in [3.05, 3.63) is 68.7 Å². The molecular formula is C18H18ClNO4. The van der Waals surface area contributed by atoms with Gasteiger partial charge in [0.05, 0.1) is 9.95 Å². The summed E-state index contributed by atoms with van der Waals surface area (Å²) in [5.74, 6) is 0.0480. The van der Waals surface area contributed by atoms with Gasteiger partial charge in [0, 0.05) is 17.7 Å². The van der Waals surface area contributed by atoms with E-state index in [-0.39, 0.29) is 34.3 Å². The van der Waals surface area contributed by atoms with Gasteiger partial charge in [-0.2, -0.15) is 0 Å². The van der Waals surface area contributed by atoms with Crippen LogP contribution in [0.3, 0.4) is 0 Å². The third-order valence-corrected chi connectivity index (χ3v) is 3.85. The first-order valence-electron chi connectivity index (χ1n) is 7.39. The number of Topliss-reactive ketones (excluding diaryl/α,β-unsaturated/α-hetero) is 1. The highest BCUT2D eigenvalue weighted by atomic mass is 35.5. The van der Waals surface area contributed by atoms with E-state index in [0.29, 0.717) is 5.56 Å². The molecule has 0 aliphatic heterocycles. The Balaban J connectivity index is 2.04. The van der Waals surface area contributed by atoms with Gasteiger partial charge in [-0.25, -0.2) is 0 Å². The van der Waals surface area contributed by atoms with E-state index in [2.05, 4.69) is 20.8 Å². The van der Waals surface area contributed by atoms with Crippen LogP contribution in [0.2, 0.25) is 5.02 Å². The standard InChI is InChI=1S/C18H18ClNO4/c1-18(2,3)13-6-4-12(5-7-13)16(21)11-24-17-9-8-14(20(22)23)10-15(17)19/h4-10H,11H2,1-3H3. The Morgan fingerprint density at radius 1 is 1.17 bits per heavy atom. The number of carbonyl (C=O) groups excluding carboxylic acids is 1. The maximum Gasteiger partial charge on any atom is 0.271 e. The van der Waals surface area contributed by atoms with E-state index in [1.807, 2.05) is 12.1 Å². The van der Waals surface area contributed by atoms with Crippen molar-refractivity contribution < 1.29 is 14.5 Å². The van der Waals surface area contributed by atoms with E-state index in [4.69, 9.17) is 16.3 Å². The molecule has 0 heterocycles. The number of ketones is 1. The third-order valence-electron chi connectivity index (χ3n) is 3.56. The lowest BCUT2D eigenvalue weighted by molar-refractivity contribution is -0.384. The van der Waals surface area contributed by atoms with Gasteiger partial charge in [0.1, 0.15) is 5.75 Å². The van der Waals surface area contributed by atoms with Gasteiger partial charge in [-0.05, 0) is 17.0 Å². The Hall–Kier alpha value is -2.40. The van der Waals surface area contributed by atoms with Crippen LogP contribution in [0.1, 0.15) is 36.7 Å². The van der Waals surface area contributed by atoms with Gasteiger partial charge < -0.3 is 4.74 Å². The van der Waals surface area contributed by atoms with Gasteiger partial charge in [-0.15, -0.1) is 0 Å². The second kappa shape index (κ2) is 7.01. The monoisotopic (exact) mass is 347 g/mol. The van der Waals surface area contributed by atoms with Gasteiger partial charge in [-0.1, -0.05) is 56.6 Å². The minimum atomic E-state index is -0.544. The van der Waals surface area contributed by atoms with E-state index in [0.717, 1.165) is 5.56 Å². The first-order valence-corrected chi connectivity index (χ1v) is 7.77. The fourth-order valence-corrected chi connectivity index (χ4v) is 2.33. The number of ether oxygens (including phenoxy) is 1. The van der Waals surface area contributed by atoms with Crippen LogP contribution >= 0.6 is 11.6 Å². The molecule has 0 amide bonds. The summed E-state index contributed by atoms with van der Waals surface area (Å²) in [6.45, 7) is 6.11. The highest BCUT2D eigenvalue weighted by molar-refractivity contribution is 6.32. The number of non-ortho nitro benzene ring substituents is 1. The number of rotatable bonds is 5. The summed E-state index contributed by atoms with van der Waals surface area (Å²) >= 11 is 5.93. The summed E-state index contributed by atoms with van der Waals surface area (Å²) in [7, 11) is 0. The lowest BCUT2D eigenvalue weighted by Crippen LogP contribution is -2.14. The van der Waals surface area contributed by atoms with Gasteiger partial charge in [0.2, 0.25) is 0 Å². The van der Waals surface area contributed by atoms with E-state index < -0.39 is 4.92 Å². The van der Waals surface area contributed by atoms with Gasteiger partial charge in [0.25, 0.3) is 5.69 Å². The molecule has 0 aliphatic carbocycles. The number of nitrogens with zero attached hydrogens (tertiary/aromatic N) is 1. The summed E-state index contributed by atoms with van der Waals surface area (Å²) < 4.78 is 5.38. The van der Waals surface area contributed by atoms with E-state index in [1.165, 1.54) is 18.2 Å². The average molecular weight is 348 g/mol. The molecule has 0 aromatic heterocycles. The Morgan fingerprint density at radius 3 is 2.29 bits per heavy atom. The van der Waals surface area contributed by atoms with Gasteiger partial charge >= 0.3 is 0 Å². The molecule has 0 aliphatic rings. The van der Waals surface area contributed by atoms with Crippen molar-refractivity contribution in [2.45, 2.75) is 26.2 Å². The minimum Gasteiger partial charge on any atom is -0.484 e. The molecule has 0 atom stereocenters. The smallest absolute Gasteiger partial charge is 0.271 e. The van der Waals surface area contributed by atoms with Crippen LogP contribution in [-0.4, -0.2) is 17.3 Å². The Kier molecular flexibility index (Phi) is 5.24. The fourth-order valence-electron chi connectivity index (χ4n) is 2.10. The Morgan fingerprint density at radius 2 is 1.79 bits per heavy atom. The van der Waals surface area contributed by atoms with E-state index >= 15 is 0 Å². The van der Waals surface area contributed by atoms with Gasteiger partial charge in [-0.3, -0.25) is 14.9 Å². The summed E-state index contributed by atoms with van der Waals surface area (Å²) in [6.07, 6.45) is 0. The molecule has 2 rings (SSSR count). The zero-order valence-corrected chi connectivity index (χ0v) is 14.5. The van der Waals surface area contributed by atoms with Crippen molar-refractivity contribution in [1.82, 2.24) is 0 Å². The molecule has 2 aromatic carbocycles. The third kappa shape index (κ3) is 4.32. The largest absolute Gasteiger partial charge is 0.484 e. The molecule has 6 heteroatoms. The maximum absolute atomic E-state index is 12.2. The lowest BCUT2D eigenvalue weighted by atomic mass is 9.86. The van der Waals surface area contributed by atoms with Crippen molar-refractivity contribution in [3.8, 4) is 5.75 Å². The highest BCUT2D eigenvalue weighted by Crippen LogP contribution is 2.29. The summed E-state index contributed by atoms with van der Waals surface area (Å²) in [4.78, 5) is 22.3. The zero-order chi connectivity index (χ0) is 17.9. The normalized spacial score (nSPS) is 11.2. The first kappa shape index (κ1) is 17.9. The highest BCUT2D eigenvalue weighted by Gasteiger charge is 2.15.